The fourth-order valence-electron chi connectivity index (χ4n) is 6.37. The van der Waals surface area contributed by atoms with Crippen molar-refractivity contribution in [3.63, 3.8) is 0 Å². The highest BCUT2D eigenvalue weighted by Crippen LogP contribution is 2.42. The third kappa shape index (κ3) is 5.05. The van der Waals surface area contributed by atoms with Gasteiger partial charge in [-0.3, -0.25) is 0 Å². The summed E-state index contributed by atoms with van der Waals surface area (Å²) in [4.78, 5) is 15.0. The molecule has 220 valence electrons. The van der Waals surface area contributed by atoms with Crippen LogP contribution >= 0.6 is 11.3 Å². The van der Waals surface area contributed by atoms with E-state index in [4.69, 9.17) is 15.0 Å². The maximum absolute atomic E-state index is 5.05. The summed E-state index contributed by atoms with van der Waals surface area (Å²) in [5.74, 6) is 1.95. The molecule has 0 aliphatic heterocycles. The summed E-state index contributed by atoms with van der Waals surface area (Å²) < 4.78 is 2.58. The van der Waals surface area contributed by atoms with Crippen molar-refractivity contribution in [3.05, 3.63) is 164 Å². The summed E-state index contributed by atoms with van der Waals surface area (Å²) in [6.45, 7) is 0. The molecule has 0 atom stereocenters. The number of hydrogen-bond donors (Lipinski definition) is 0. The predicted molar refractivity (Wildman–Crippen MR) is 197 cm³/mol. The first kappa shape index (κ1) is 27.3. The van der Waals surface area contributed by atoms with E-state index in [1.54, 1.807) is 0 Å². The highest BCUT2D eigenvalue weighted by molar-refractivity contribution is 7.26. The molecule has 47 heavy (non-hydrogen) atoms. The minimum Gasteiger partial charge on any atom is -0.208 e. The van der Waals surface area contributed by atoms with Gasteiger partial charge in [-0.25, -0.2) is 15.0 Å². The lowest BCUT2D eigenvalue weighted by Crippen LogP contribution is -2.00. The Balaban J connectivity index is 1.18. The summed E-state index contributed by atoms with van der Waals surface area (Å²) in [5, 5.41) is 5.10. The third-order valence-electron chi connectivity index (χ3n) is 8.71. The lowest BCUT2D eigenvalue weighted by atomic mass is 9.97. The first-order chi connectivity index (χ1) is 23.3. The van der Waals surface area contributed by atoms with Crippen molar-refractivity contribution in [2.45, 2.75) is 0 Å². The Morgan fingerprint density at radius 1 is 0.340 bits per heavy atom. The Kier molecular flexibility index (Phi) is 6.65. The zero-order chi connectivity index (χ0) is 31.2. The van der Waals surface area contributed by atoms with E-state index in [0.717, 1.165) is 27.8 Å². The second-order valence-electron chi connectivity index (χ2n) is 11.7. The van der Waals surface area contributed by atoms with Crippen molar-refractivity contribution in [3.8, 4) is 56.4 Å². The maximum atomic E-state index is 5.05. The number of benzene rings is 7. The van der Waals surface area contributed by atoms with Crippen LogP contribution in [0.4, 0.5) is 0 Å². The van der Waals surface area contributed by atoms with Crippen LogP contribution in [0, 0.1) is 0 Å². The molecule has 9 aromatic rings. The Hall–Kier alpha value is -5.97. The van der Waals surface area contributed by atoms with Gasteiger partial charge in [-0.05, 0) is 57.3 Å². The molecule has 0 aliphatic rings. The van der Waals surface area contributed by atoms with Gasteiger partial charge in [-0.1, -0.05) is 140 Å². The highest BCUT2D eigenvalue weighted by atomic mass is 32.1. The fraction of sp³-hybridized carbons (Fsp3) is 0. The minimum atomic E-state index is 0.649. The van der Waals surface area contributed by atoms with Gasteiger partial charge >= 0.3 is 0 Å². The average molecular weight is 618 g/mol. The van der Waals surface area contributed by atoms with Crippen LogP contribution < -0.4 is 0 Å². The number of thiophene rings is 1. The quantitative estimate of drug-likeness (QED) is 0.193. The molecule has 0 fully saturated rings. The van der Waals surface area contributed by atoms with Crippen LogP contribution in [0.1, 0.15) is 0 Å². The van der Waals surface area contributed by atoms with Crippen LogP contribution in [0.3, 0.4) is 0 Å². The van der Waals surface area contributed by atoms with Gasteiger partial charge in [0.1, 0.15) is 0 Å². The van der Waals surface area contributed by atoms with Crippen molar-refractivity contribution in [2.75, 3.05) is 0 Å². The number of nitrogens with zero attached hydrogens (tertiary/aromatic N) is 3. The molecule has 0 saturated carbocycles. The standard InChI is InChI=1S/C43H27N3S/c1-3-11-28(12-4-1)29-21-23-31(24-22-29)42-44-41(30-13-5-2-6-14-30)45-43(46-42)35-18-9-17-34(25-35)36-19-10-20-38-40(36)37-26-32-15-7-8-16-33(32)27-39(37)47-38/h1-27H. The Morgan fingerprint density at radius 3 is 1.57 bits per heavy atom. The molecule has 7 aromatic carbocycles. The van der Waals surface area contributed by atoms with Crippen molar-refractivity contribution in [1.82, 2.24) is 15.0 Å². The van der Waals surface area contributed by atoms with Gasteiger partial charge in [0.05, 0.1) is 0 Å². The van der Waals surface area contributed by atoms with E-state index >= 15 is 0 Å². The SMILES string of the molecule is c1ccc(-c2ccc(-c3nc(-c4ccccc4)nc(-c4cccc(-c5cccc6sc7cc8ccccc8cc7c56)c4)n3)cc2)cc1. The lowest BCUT2D eigenvalue weighted by molar-refractivity contribution is 1.07. The molecule has 4 heteroatoms. The second kappa shape index (κ2) is 11.4. The molecule has 0 N–H and O–H groups in total. The van der Waals surface area contributed by atoms with E-state index in [-0.39, 0.29) is 0 Å². The number of fused-ring (bicyclic) bond motifs is 4. The van der Waals surface area contributed by atoms with Gasteiger partial charge in [0.2, 0.25) is 0 Å². The van der Waals surface area contributed by atoms with Crippen molar-refractivity contribution in [2.24, 2.45) is 0 Å². The van der Waals surface area contributed by atoms with E-state index in [2.05, 4.69) is 127 Å². The molecule has 0 spiro atoms. The van der Waals surface area contributed by atoms with Crippen LogP contribution in [-0.4, -0.2) is 15.0 Å². The second-order valence-corrected chi connectivity index (χ2v) is 12.8. The Labute approximate surface area is 276 Å². The number of hydrogen-bond acceptors (Lipinski definition) is 4. The van der Waals surface area contributed by atoms with Gasteiger partial charge in [0, 0.05) is 36.9 Å². The van der Waals surface area contributed by atoms with E-state index in [9.17, 15) is 0 Å². The largest absolute Gasteiger partial charge is 0.208 e. The first-order valence-electron chi connectivity index (χ1n) is 15.7. The first-order valence-corrected chi connectivity index (χ1v) is 16.5. The molecule has 0 aliphatic carbocycles. The zero-order valence-corrected chi connectivity index (χ0v) is 26.2. The maximum Gasteiger partial charge on any atom is 0.164 e. The third-order valence-corrected chi connectivity index (χ3v) is 9.83. The van der Waals surface area contributed by atoms with Crippen molar-refractivity contribution >= 4 is 42.3 Å². The summed E-state index contributed by atoms with van der Waals surface area (Å²) in [6.07, 6.45) is 0. The van der Waals surface area contributed by atoms with Crippen LogP contribution in [0.15, 0.2) is 164 Å². The van der Waals surface area contributed by atoms with Crippen LogP contribution in [0.5, 0.6) is 0 Å². The van der Waals surface area contributed by atoms with E-state index < -0.39 is 0 Å². The number of aromatic nitrogens is 3. The molecule has 0 unspecified atom stereocenters. The van der Waals surface area contributed by atoms with E-state index in [0.29, 0.717) is 17.5 Å². The summed E-state index contributed by atoms with van der Waals surface area (Å²) in [5.41, 5.74) is 7.53. The minimum absolute atomic E-state index is 0.649. The van der Waals surface area contributed by atoms with Crippen LogP contribution in [0.25, 0.3) is 87.4 Å². The normalized spacial score (nSPS) is 11.4. The van der Waals surface area contributed by atoms with Gasteiger partial charge < -0.3 is 0 Å². The zero-order valence-electron chi connectivity index (χ0n) is 25.3. The van der Waals surface area contributed by atoms with Gasteiger partial charge in [0.25, 0.3) is 0 Å². The molecule has 2 aromatic heterocycles. The Bertz CT molecular complexity index is 2550. The molecule has 0 amide bonds. The topological polar surface area (TPSA) is 38.7 Å². The van der Waals surface area contributed by atoms with Crippen molar-refractivity contribution in [1.29, 1.82) is 0 Å². The molecule has 0 bridgehead atoms. The molecule has 0 saturated heterocycles. The van der Waals surface area contributed by atoms with E-state index in [1.165, 1.54) is 42.1 Å². The van der Waals surface area contributed by atoms with Gasteiger partial charge in [-0.15, -0.1) is 11.3 Å². The van der Waals surface area contributed by atoms with Gasteiger partial charge in [0.15, 0.2) is 17.5 Å². The summed E-state index contributed by atoms with van der Waals surface area (Å²) in [7, 11) is 0. The Morgan fingerprint density at radius 2 is 0.851 bits per heavy atom. The van der Waals surface area contributed by atoms with E-state index in [1.807, 2.05) is 47.7 Å². The smallest absolute Gasteiger partial charge is 0.164 e. The van der Waals surface area contributed by atoms with Crippen molar-refractivity contribution < 1.29 is 0 Å². The predicted octanol–water partition coefficient (Wildman–Crippen LogP) is 11.7. The molecule has 2 heterocycles. The fourth-order valence-corrected chi connectivity index (χ4v) is 7.53. The number of rotatable bonds is 5. The molecule has 9 rings (SSSR count). The van der Waals surface area contributed by atoms with Crippen LogP contribution in [0.2, 0.25) is 0 Å². The average Bonchev–Trinajstić information content (AvgIpc) is 3.52. The summed E-state index contributed by atoms with van der Waals surface area (Å²) >= 11 is 1.85. The highest BCUT2D eigenvalue weighted by Gasteiger charge is 2.16. The molecular weight excluding hydrogens is 591 g/mol. The molecule has 0 radical (unpaired) electrons. The molecule has 3 nitrogen and oxygen atoms in total. The van der Waals surface area contributed by atoms with Gasteiger partial charge in [-0.2, -0.15) is 0 Å². The van der Waals surface area contributed by atoms with Crippen LogP contribution in [-0.2, 0) is 0 Å². The molecular formula is C43H27N3S. The monoisotopic (exact) mass is 617 g/mol. The summed E-state index contributed by atoms with van der Waals surface area (Å²) in [6, 6.07) is 57.5. The lowest BCUT2D eigenvalue weighted by Gasteiger charge is -2.11.